The molecule has 5 heteroatoms. The van der Waals surface area contributed by atoms with Crippen LogP contribution < -0.4 is 5.32 Å². The van der Waals surface area contributed by atoms with Gasteiger partial charge in [0.15, 0.2) is 0 Å². The fraction of sp³-hybridized carbons (Fsp3) is 0.667. The highest BCUT2D eigenvalue weighted by Gasteiger charge is 2.14. The highest BCUT2D eigenvalue weighted by atomic mass is 16.3. The maximum atomic E-state index is 12.2. The molecular formula is C15H25N3O2. The van der Waals surface area contributed by atoms with Gasteiger partial charge in [-0.05, 0) is 38.2 Å². The summed E-state index contributed by atoms with van der Waals surface area (Å²) in [6.45, 7) is 6.66. The molecular weight excluding hydrogens is 254 g/mol. The molecule has 0 radical (unpaired) electrons. The van der Waals surface area contributed by atoms with Crippen LogP contribution in [0.15, 0.2) is 6.07 Å². The molecule has 1 heterocycles. The minimum Gasteiger partial charge on any atom is -0.396 e. The van der Waals surface area contributed by atoms with Crippen LogP contribution in [0.1, 0.15) is 54.9 Å². The van der Waals surface area contributed by atoms with Crippen molar-refractivity contribution in [1.82, 2.24) is 15.5 Å². The highest BCUT2D eigenvalue weighted by Crippen LogP contribution is 2.11. The van der Waals surface area contributed by atoms with Crippen molar-refractivity contribution in [2.75, 3.05) is 13.2 Å². The summed E-state index contributed by atoms with van der Waals surface area (Å²) in [7, 11) is 0. The molecule has 112 valence electrons. The summed E-state index contributed by atoms with van der Waals surface area (Å²) in [6, 6.07) is 1.78. The lowest BCUT2D eigenvalue weighted by Crippen LogP contribution is -2.31. The molecule has 20 heavy (non-hydrogen) atoms. The number of aliphatic hydroxyl groups is 1. The van der Waals surface area contributed by atoms with Crippen molar-refractivity contribution in [1.29, 1.82) is 0 Å². The van der Waals surface area contributed by atoms with Crippen LogP contribution in [0.3, 0.4) is 0 Å². The summed E-state index contributed by atoms with van der Waals surface area (Å²) >= 11 is 0. The lowest BCUT2D eigenvalue weighted by Gasteiger charge is -2.16. The van der Waals surface area contributed by atoms with Gasteiger partial charge in [0.1, 0.15) is 0 Å². The minimum atomic E-state index is -0.0982. The number of carbonyl (C=O) groups excluding carboxylic acids is 1. The van der Waals surface area contributed by atoms with Crippen molar-refractivity contribution in [3.05, 3.63) is 23.0 Å². The van der Waals surface area contributed by atoms with Crippen LogP contribution in [0.25, 0.3) is 0 Å². The van der Waals surface area contributed by atoms with Crippen LogP contribution in [-0.2, 0) is 6.42 Å². The molecule has 5 nitrogen and oxygen atoms in total. The predicted octanol–water partition coefficient (Wildman–Crippen LogP) is 1.88. The smallest absolute Gasteiger partial charge is 0.253 e. The molecule has 0 saturated heterocycles. The average Bonchev–Trinajstić information content (AvgIpc) is 2.45. The van der Waals surface area contributed by atoms with E-state index in [1.54, 1.807) is 6.07 Å². The van der Waals surface area contributed by atoms with Gasteiger partial charge >= 0.3 is 0 Å². The van der Waals surface area contributed by atoms with E-state index in [1.807, 2.05) is 13.8 Å². The highest BCUT2D eigenvalue weighted by molar-refractivity contribution is 5.95. The molecule has 0 aliphatic carbocycles. The monoisotopic (exact) mass is 279 g/mol. The Bertz CT molecular complexity index is 429. The van der Waals surface area contributed by atoms with Crippen molar-refractivity contribution in [2.45, 2.75) is 46.5 Å². The van der Waals surface area contributed by atoms with Gasteiger partial charge in [-0.1, -0.05) is 20.3 Å². The zero-order chi connectivity index (χ0) is 15.0. The SMILES string of the molecule is CCCC(CCO)CNC(=O)c1cc(C)nnc1CC. The molecule has 2 N–H and O–H groups in total. The number of amides is 1. The van der Waals surface area contributed by atoms with E-state index in [4.69, 9.17) is 5.11 Å². The zero-order valence-corrected chi connectivity index (χ0v) is 12.6. The largest absolute Gasteiger partial charge is 0.396 e. The van der Waals surface area contributed by atoms with Crippen molar-refractivity contribution in [3.8, 4) is 0 Å². The number of aryl methyl sites for hydroxylation is 2. The van der Waals surface area contributed by atoms with Crippen LogP contribution in [-0.4, -0.2) is 34.4 Å². The Morgan fingerprint density at radius 1 is 1.35 bits per heavy atom. The molecule has 0 fully saturated rings. The van der Waals surface area contributed by atoms with Crippen LogP contribution in [0, 0.1) is 12.8 Å². The van der Waals surface area contributed by atoms with Crippen molar-refractivity contribution in [3.63, 3.8) is 0 Å². The van der Waals surface area contributed by atoms with Crippen molar-refractivity contribution >= 4 is 5.91 Å². The van der Waals surface area contributed by atoms with E-state index in [0.29, 0.717) is 24.4 Å². The maximum Gasteiger partial charge on any atom is 0.253 e. The van der Waals surface area contributed by atoms with Crippen LogP contribution in [0.2, 0.25) is 0 Å². The molecule has 1 aromatic heterocycles. The fourth-order valence-corrected chi connectivity index (χ4v) is 2.24. The Balaban J connectivity index is 2.68. The number of aromatic nitrogens is 2. The van der Waals surface area contributed by atoms with E-state index < -0.39 is 0 Å². The minimum absolute atomic E-state index is 0.0982. The second-order valence-corrected chi connectivity index (χ2v) is 5.08. The van der Waals surface area contributed by atoms with E-state index in [2.05, 4.69) is 22.4 Å². The molecule has 1 aromatic rings. The van der Waals surface area contributed by atoms with Crippen LogP contribution in [0.4, 0.5) is 0 Å². The number of rotatable bonds is 8. The summed E-state index contributed by atoms with van der Waals surface area (Å²) in [5.74, 6) is 0.230. The summed E-state index contributed by atoms with van der Waals surface area (Å²) in [5.41, 5.74) is 2.08. The predicted molar refractivity (Wildman–Crippen MR) is 78.6 cm³/mol. The lowest BCUT2D eigenvalue weighted by atomic mass is 10.00. The molecule has 1 atom stereocenters. The molecule has 1 unspecified atom stereocenters. The molecule has 0 aliphatic rings. The average molecular weight is 279 g/mol. The van der Waals surface area contributed by atoms with Gasteiger partial charge in [0.2, 0.25) is 0 Å². The van der Waals surface area contributed by atoms with Gasteiger partial charge in [-0.25, -0.2) is 0 Å². The fourth-order valence-electron chi connectivity index (χ4n) is 2.24. The Kier molecular flexibility index (Phi) is 7.15. The van der Waals surface area contributed by atoms with E-state index in [0.717, 1.165) is 30.7 Å². The number of carbonyl (C=O) groups is 1. The van der Waals surface area contributed by atoms with Gasteiger partial charge in [-0.15, -0.1) is 0 Å². The second-order valence-electron chi connectivity index (χ2n) is 5.08. The van der Waals surface area contributed by atoms with Gasteiger partial charge < -0.3 is 10.4 Å². The lowest BCUT2D eigenvalue weighted by molar-refractivity contribution is 0.0941. The Morgan fingerprint density at radius 3 is 2.70 bits per heavy atom. The van der Waals surface area contributed by atoms with E-state index in [-0.39, 0.29) is 12.5 Å². The molecule has 0 aromatic carbocycles. The number of hydrogen-bond acceptors (Lipinski definition) is 4. The van der Waals surface area contributed by atoms with Gasteiger partial charge in [0.25, 0.3) is 5.91 Å². The van der Waals surface area contributed by atoms with E-state index >= 15 is 0 Å². The first-order chi connectivity index (χ1) is 9.62. The van der Waals surface area contributed by atoms with Crippen molar-refractivity contribution in [2.24, 2.45) is 5.92 Å². The van der Waals surface area contributed by atoms with Gasteiger partial charge in [-0.2, -0.15) is 10.2 Å². The number of aliphatic hydroxyl groups excluding tert-OH is 1. The molecule has 0 bridgehead atoms. The topological polar surface area (TPSA) is 75.1 Å². The number of hydrogen-bond donors (Lipinski definition) is 2. The first kappa shape index (κ1) is 16.6. The zero-order valence-electron chi connectivity index (χ0n) is 12.6. The quantitative estimate of drug-likeness (QED) is 0.762. The Hall–Kier alpha value is -1.49. The van der Waals surface area contributed by atoms with Gasteiger partial charge in [0, 0.05) is 13.2 Å². The van der Waals surface area contributed by atoms with E-state index in [1.165, 1.54) is 0 Å². The summed E-state index contributed by atoms with van der Waals surface area (Å²) < 4.78 is 0. The van der Waals surface area contributed by atoms with E-state index in [9.17, 15) is 4.79 Å². The summed E-state index contributed by atoms with van der Waals surface area (Å²) in [5, 5.41) is 20.0. The van der Waals surface area contributed by atoms with Crippen LogP contribution in [0.5, 0.6) is 0 Å². The van der Waals surface area contributed by atoms with Gasteiger partial charge in [0.05, 0.1) is 17.0 Å². The molecule has 1 rings (SSSR count). The standard InChI is InChI=1S/C15H25N3O2/c1-4-6-12(7-8-19)10-16-15(20)13-9-11(3)17-18-14(13)5-2/h9,12,19H,4-8,10H2,1-3H3,(H,16,20). The van der Waals surface area contributed by atoms with Gasteiger partial charge in [-0.3, -0.25) is 4.79 Å². The summed E-state index contributed by atoms with van der Waals surface area (Å²) in [6.07, 6.45) is 3.47. The molecule has 0 saturated carbocycles. The Morgan fingerprint density at radius 2 is 2.10 bits per heavy atom. The molecule has 0 spiro atoms. The molecule has 1 amide bonds. The third-order valence-corrected chi connectivity index (χ3v) is 3.36. The first-order valence-corrected chi connectivity index (χ1v) is 7.34. The van der Waals surface area contributed by atoms with Crippen molar-refractivity contribution < 1.29 is 9.90 Å². The van der Waals surface area contributed by atoms with Crippen LogP contribution >= 0.6 is 0 Å². The Labute approximate surface area is 120 Å². The first-order valence-electron chi connectivity index (χ1n) is 7.34. The third kappa shape index (κ3) is 4.89. The number of nitrogens with one attached hydrogen (secondary N) is 1. The maximum absolute atomic E-state index is 12.2. The number of nitrogens with zero attached hydrogens (tertiary/aromatic N) is 2. The normalized spacial score (nSPS) is 12.2. The molecule has 0 aliphatic heterocycles. The second kappa shape index (κ2) is 8.64. The summed E-state index contributed by atoms with van der Waals surface area (Å²) in [4.78, 5) is 12.2. The third-order valence-electron chi connectivity index (χ3n) is 3.36.